The molecule has 0 aliphatic carbocycles. The first-order valence-corrected chi connectivity index (χ1v) is 5.77. The lowest BCUT2D eigenvalue weighted by Crippen LogP contribution is -2.42. The van der Waals surface area contributed by atoms with Crippen molar-refractivity contribution >= 4 is 5.91 Å². The molecular weight excluding hydrogens is 188 g/mol. The molecule has 0 aliphatic heterocycles. The van der Waals surface area contributed by atoms with E-state index in [4.69, 9.17) is 0 Å². The Balaban J connectivity index is 3.65. The molecule has 0 aromatic rings. The lowest BCUT2D eigenvalue weighted by atomic mass is 9.97. The molecule has 0 rings (SSSR count). The first-order valence-electron chi connectivity index (χ1n) is 5.77. The van der Waals surface area contributed by atoms with Crippen molar-refractivity contribution in [1.82, 2.24) is 10.6 Å². The zero-order chi connectivity index (χ0) is 12.1. The molecule has 0 saturated heterocycles. The maximum absolute atomic E-state index is 11.6. The summed E-state index contributed by atoms with van der Waals surface area (Å²) in [6.45, 7) is 14.0. The molecule has 0 saturated carbocycles. The molecule has 0 bridgehead atoms. The van der Waals surface area contributed by atoms with Crippen LogP contribution in [0.5, 0.6) is 0 Å². The SMILES string of the molecule is CC(C)[C@H](C)C(=O)NCCNC(C)(C)C. The summed E-state index contributed by atoms with van der Waals surface area (Å²) in [4.78, 5) is 11.6. The Morgan fingerprint density at radius 1 is 1.13 bits per heavy atom. The van der Waals surface area contributed by atoms with Crippen molar-refractivity contribution < 1.29 is 4.79 Å². The van der Waals surface area contributed by atoms with Crippen molar-refractivity contribution in [3.8, 4) is 0 Å². The van der Waals surface area contributed by atoms with Crippen molar-refractivity contribution in [2.75, 3.05) is 13.1 Å². The van der Waals surface area contributed by atoms with E-state index in [9.17, 15) is 4.79 Å². The smallest absolute Gasteiger partial charge is 0.223 e. The van der Waals surface area contributed by atoms with Crippen LogP contribution >= 0.6 is 0 Å². The number of carbonyl (C=O) groups excluding carboxylic acids is 1. The van der Waals surface area contributed by atoms with Crippen LogP contribution in [0.2, 0.25) is 0 Å². The lowest BCUT2D eigenvalue weighted by Gasteiger charge is -2.21. The zero-order valence-corrected chi connectivity index (χ0v) is 11.0. The Labute approximate surface area is 94.0 Å². The number of amides is 1. The van der Waals surface area contributed by atoms with Crippen molar-refractivity contribution in [3.63, 3.8) is 0 Å². The average Bonchev–Trinajstić information content (AvgIpc) is 2.09. The molecule has 0 spiro atoms. The minimum absolute atomic E-state index is 0.0969. The number of hydrogen-bond acceptors (Lipinski definition) is 2. The highest BCUT2D eigenvalue weighted by molar-refractivity contribution is 5.78. The quantitative estimate of drug-likeness (QED) is 0.685. The van der Waals surface area contributed by atoms with E-state index in [1.165, 1.54) is 0 Å². The maximum Gasteiger partial charge on any atom is 0.223 e. The molecule has 90 valence electrons. The van der Waals surface area contributed by atoms with Crippen LogP contribution in [0.25, 0.3) is 0 Å². The van der Waals surface area contributed by atoms with Gasteiger partial charge in [-0.1, -0.05) is 20.8 Å². The Kier molecular flexibility index (Phi) is 5.88. The van der Waals surface area contributed by atoms with Crippen LogP contribution in [0.1, 0.15) is 41.5 Å². The highest BCUT2D eigenvalue weighted by atomic mass is 16.1. The van der Waals surface area contributed by atoms with Crippen LogP contribution in [0, 0.1) is 11.8 Å². The maximum atomic E-state index is 11.6. The van der Waals surface area contributed by atoms with E-state index in [0.29, 0.717) is 12.5 Å². The molecule has 0 fully saturated rings. The Bertz CT molecular complexity index is 194. The summed E-state index contributed by atoms with van der Waals surface area (Å²) in [5, 5.41) is 6.27. The minimum atomic E-state index is 0.0969. The van der Waals surface area contributed by atoms with Gasteiger partial charge in [-0.25, -0.2) is 0 Å². The average molecular weight is 214 g/mol. The van der Waals surface area contributed by atoms with Gasteiger partial charge in [0.25, 0.3) is 0 Å². The molecule has 0 heterocycles. The predicted molar refractivity (Wildman–Crippen MR) is 64.8 cm³/mol. The van der Waals surface area contributed by atoms with E-state index in [0.717, 1.165) is 6.54 Å². The fraction of sp³-hybridized carbons (Fsp3) is 0.917. The third-order valence-corrected chi connectivity index (χ3v) is 2.49. The van der Waals surface area contributed by atoms with Gasteiger partial charge in [-0.3, -0.25) is 4.79 Å². The highest BCUT2D eigenvalue weighted by Gasteiger charge is 2.15. The molecule has 1 amide bonds. The van der Waals surface area contributed by atoms with Gasteiger partial charge in [-0.15, -0.1) is 0 Å². The standard InChI is InChI=1S/C12H26N2O/c1-9(2)10(3)11(15)13-7-8-14-12(4,5)6/h9-10,14H,7-8H2,1-6H3,(H,13,15)/t10-/m0/s1. The largest absolute Gasteiger partial charge is 0.355 e. The molecular formula is C12H26N2O. The summed E-state index contributed by atoms with van der Waals surface area (Å²) in [5.41, 5.74) is 0.119. The van der Waals surface area contributed by atoms with Gasteiger partial charge in [-0.2, -0.15) is 0 Å². The molecule has 0 aromatic heterocycles. The fourth-order valence-electron chi connectivity index (χ4n) is 1.09. The van der Waals surface area contributed by atoms with Gasteiger partial charge in [0.1, 0.15) is 0 Å². The van der Waals surface area contributed by atoms with E-state index in [1.807, 2.05) is 6.92 Å². The summed E-state index contributed by atoms with van der Waals surface area (Å²) in [6, 6.07) is 0. The van der Waals surface area contributed by atoms with Crippen molar-refractivity contribution in [3.05, 3.63) is 0 Å². The van der Waals surface area contributed by atoms with Gasteiger partial charge in [0.2, 0.25) is 5.91 Å². The molecule has 2 N–H and O–H groups in total. The van der Waals surface area contributed by atoms with Crippen LogP contribution in [0.3, 0.4) is 0 Å². The summed E-state index contributed by atoms with van der Waals surface area (Å²) >= 11 is 0. The first kappa shape index (κ1) is 14.4. The molecule has 1 atom stereocenters. The van der Waals surface area contributed by atoms with Crippen LogP contribution in [0.4, 0.5) is 0 Å². The molecule has 3 heteroatoms. The molecule has 0 aromatic carbocycles. The monoisotopic (exact) mass is 214 g/mol. The first-order chi connectivity index (χ1) is 6.74. The molecule has 0 aliphatic rings. The highest BCUT2D eigenvalue weighted by Crippen LogP contribution is 2.08. The van der Waals surface area contributed by atoms with E-state index >= 15 is 0 Å². The number of hydrogen-bond donors (Lipinski definition) is 2. The molecule has 0 unspecified atom stereocenters. The van der Waals surface area contributed by atoms with Crippen LogP contribution < -0.4 is 10.6 Å². The minimum Gasteiger partial charge on any atom is -0.355 e. The second-order valence-electron chi connectivity index (χ2n) is 5.50. The topological polar surface area (TPSA) is 41.1 Å². The Morgan fingerprint density at radius 2 is 1.67 bits per heavy atom. The summed E-state index contributed by atoms with van der Waals surface area (Å²) in [7, 11) is 0. The normalized spacial score (nSPS) is 14.1. The summed E-state index contributed by atoms with van der Waals surface area (Å²) in [5.74, 6) is 0.654. The molecule has 15 heavy (non-hydrogen) atoms. The lowest BCUT2D eigenvalue weighted by molar-refractivity contribution is -0.125. The van der Waals surface area contributed by atoms with Crippen LogP contribution in [0.15, 0.2) is 0 Å². The van der Waals surface area contributed by atoms with Crippen LogP contribution in [-0.2, 0) is 4.79 Å². The third kappa shape index (κ3) is 7.37. The predicted octanol–water partition coefficient (Wildman–Crippen LogP) is 1.78. The van der Waals surface area contributed by atoms with Gasteiger partial charge in [0.15, 0.2) is 0 Å². The summed E-state index contributed by atoms with van der Waals surface area (Å²) < 4.78 is 0. The van der Waals surface area contributed by atoms with Crippen molar-refractivity contribution in [2.24, 2.45) is 11.8 Å². The Morgan fingerprint density at radius 3 is 2.07 bits per heavy atom. The van der Waals surface area contributed by atoms with Gasteiger partial charge >= 0.3 is 0 Å². The second-order valence-corrected chi connectivity index (χ2v) is 5.50. The molecule has 0 radical (unpaired) electrons. The van der Waals surface area contributed by atoms with E-state index in [-0.39, 0.29) is 17.4 Å². The molecule has 3 nitrogen and oxygen atoms in total. The van der Waals surface area contributed by atoms with Crippen molar-refractivity contribution in [2.45, 2.75) is 47.1 Å². The zero-order valence-electron chi connectivity index (χ0n) is 11.0. The summed E-state index contributed by atoms with van der Waals surface area (Å²) in [6.07, 6.45) is 0. The number of carbonyl (C=O) groups is 1. The van der Waals surface area contributed by atoms with Gasteiger partial charge in [-0.05, 0) is 26.7 Å². The van der Waals surface area contributed by atoms with E-state index in [1.54, 1.807) is 0 Å². The second kappa shape index (κ2) is 6.11. The van der Waals surface area contributed by atoms with Crippen molar-refractivity contribution in [1.29, 1.82) is 0 Å². The number of rotatable bonds is 5. The van der Waals surface area contributed by atoms with Gasteiger partial charge in [0.05, 0.1) is 0 Å². The van der Waals surface area contributed by atoms with Gasteiger partial charge < -0.3 is 10.6 Å². The fourth-order valence-corrected chi connectivity index (χ4v) is 1.09. The van der Waals surface area contributed by atoms with E-state index < -0.39 is 0 Å². The Hall–Kier alpha value is -0.570. The van der Waals surface area contributed by atoms with Gasteiger partial charge in [0, 0.05) is 24.5 Å². The van der Waals surface area contributed by atoms with E-state index in [2.05, 4.69) is 45.3 Å². The van der Waals surface area contributed by atoms with Crippen LogP contribution in [-0.4, -0.2) is 24.5 Å². The third-order valence-electron chi connectivity index (χ3n) is 2.49. The number of nitrogens with one attached hydrogen (secondary N) is 2.